The maximum atomic E-state index is 12.3. The number of hydrogen-bond donors (Lipinski definition) is 3. The summed E-state index contributed by atoms with van der Waals surface area (Å²) in [6.07, 6.45) is 2.40. The van der Waals surface area contributed by atoms with Crippen molar-refractivity contribution in [1.82, 2.24) is 0 Å². The van der Waals surface area contributed by atoms with Crippen LogP contribution in [-0.4, -0.2) is 25.7 Å². The Bertz CT molecular complexity index is 519. The molecular formula is C15H21N3O3. The Morgan fingerprint density at radius 3 is 2.67 bits per heavy atom. The third-order valence-electron chi connectivity index (χ3n) is 3.86. The van der Waals surface area contributed by atoms with Gasteiger partial charge in [-0.05, 0) is 43.5 Å². The van der Waals surface area contributed by atoms with E-state index in [0.717, 1.165) is 19.3 Å². The van der Waals surface area contributed by atoms with Crippen LogP contribution in [0.2, 0.25) is 0 Å². The third kappa shape index (κ3) is 3.95. The Hall–Kier alpha value is -2.08. The number of carbonyl (C=O) groups excluding carboxylic acids is 2. The van der Waals surface area contributed by atoms with Crippen LogP contribution in [0, 0.1) is 11.8 Å². The summed E-state index contributed by atoms with van der Waals surface area (Å²) >= 11 is 0. The number of hydrogen-bond acceptors (Lipinski definition) is 4. The van der Waals surface area contributed by atoms with Crippen LogP contribution in [0.3, 0.4) is 0 Å². The largest absolute Gasteiger partial charge is 0.453 e. The van der Waals surface area contributed by atoms with Crippen molar-refractivity contribution < 1.29 is 14.3 Å². The molecule has 2 rings (SSSR count). The van der Waals surface area contributed by atoms with Gasteiger partial charge in [0.15, 0.2) is 0 Å². The summed E-state index contributed by atoms with van der Waals surface area (Å²) in [6.45, 7) is 0.544. The van der Waals surface area contributed by atoms with E-state index in [-0.39, 0.29) is 17.7 Å². The van der Waals surface area contributed by atoms with E-state index in [0.29, 0.717) is 17.9 Å². The lowest BCUT2D eigenvalue weighted by atomic mass is 9.95. The molecule has 4 N–H and O–H groups in total. The molecule has 6 heteroatoms. The van der Waals surface area contributed by atoms with Gasteiger partial charge in [-0.25, -0.2) is 4.79 Å². The van der Waals surface area contributed by atoms with Gasteiger partial charge in [0, 0.05) is 17.3 Å². The average Bonchev–Trinajstić information content (AvgIpc) is 2.96. The first-order valence-corrected chi connectivity index (χ1v) is 7.10. The van der Waals surface area contributed by atoms with E-state index < -0.39 is 6.09 Å². The maximum absolute atomic E-state index is 12.3. The highest BCUT2D eigenvalue weighted by Crippen LogP contribution is 2.32. The van der Waals surface area contributed by atoms with Gasteiger partial charge in [0.2, 0.25) is 5.91 Å². The van der Waals surface area contributed by atoms with Gasteiger partial charge in [0.05, 0.1) is 7.11 Å². The van der Waals surface area contributed by atoms with Gasteiger partial charge in [0.25, 0.3) is 0 Å². The minimum Gasteiger partial charge on any atom is -0.453 e. The van der Waals surface area contributed by atoms with E-state index >= 15 is 0 Å². The van der Waals surface area contributed by atoms with E-state index in [1.54, 1.807) is 24.3 Å². The Morgan fingerprint density at radius 2 is 2.00 bits per heavy atom. The molecule has 1 aromatic rings. The predicted octanol–water partition coefficient (Wildman–Crippen LogP) is 2.18. The monoisotopic (exact) mass is 291 g/mol. The number of methoxy groups -OCH3 is 1. The van der Waals surface area contributed by atoms with Gasteiger partial charge >= 0.3 is 6.09 Å². The number of amides is 2. The molecule has 0 radical (unpaired) electrons. The van der Waals surface area contributed by atoms with E-state index in [1.165, 1.54) is 7.11 Å². The zero-order valence-corrected chi connectivity index (χ0v) is 12.1. The molecule has 2 amide bonds. The first kappa shape index (κ1) is 15.3. The predicted molar refractivity (Wildman–Crippen MR) is 81.0 cm³/mol. The third-order valence-corrected chi connectivity index (χ3v) is 3.86. The number of anilines is 2. The number of benzene rings is 1. The number of rotatable bonds is 4. The molecule has 1 fully saturated rings. The van der Waals surface area contributed by atoms with Crippen molar-refractivity contribution in [2.24, 2.45) is 17.6 Å². The van der Waals surface area contributed by atoms with Crippen LogP contribution < -0.4 is 16.4 Å². The molecular weight excluding hydrogens is 270 g/mol. The zero-order valence-electron chi connectivity index (χ0n) is 12.1. The van der Waals surface area contributed by atoms with Crippen LogP contribution in [0.4, 0.5) is 16.2 Å². The lowest BCUT2D eigenvalue weighted by Gasteiger charge is -2.17. The van der Waals surface area contributed by atoms with Gasteiger partial charge in [-0.1, -0.05) is 12.5 Å². The maximum Gasteiger partial charge on any atom is 0.411 e. The lowest BCUT2D eigenvalue weighted by molar-refractivity contribution is -0.120. The van der Waals surface area contributed by atoms with Crippen molar-refractivity contribution in [1.29, 1.82) is 0 Å². The van der Waals surface area contributed by atoms with Gasteiger partial charge < -0.3 is 15.8 Å². The summed E-state index contributed by atoms with van der Waals surface area (Å²) in [4.78, 5) is 23.5. The van der Waals surface area contributed by atoms with Crippen LogP contribution in [0.25, 0.3) is 0 Å². The second kappa shape index (κ2) is 7.08. The Kier molecular flexibility index (Phi) is 5.16. The smallest absolute Gasteiger partial charge is 0.411 e. The molecule has 0 spiro atoms. The Balaban J connectivity index is 2.00. The zero-order chi connectivity index (χ0) is 15.2. The highest BCUT2D eigenvalue weighted by Gasteiger charge is 2.31. The summed E-state index contributed by atoms with van der Waals surface area (Å²) in [7, 11) is 1.30. The minimum absolute atomic E-state index is 0.00170. The quantitative estimate of drug-likeness (QED) is 0.792. The molecule has 21 heavy (non-hydrogen) atoms. The molecule has 2 atom stereocenters. The number of nitrogens with one attached hydrogen (secondary N) is 2. The molecule has 0 aromatic heterocycles. The van der Waals surface area contributed by atoms with Crippen LogP contribution in [0.1, 0.15) is 19.3 Å². The second-order valence-corrected chi connectivity index (χ2v) is 5.22. The Morgan fingerprint density at radius 1 is 1.29 bits per heavy atom. The molecule has 1 aromatic carbocycles. The molecule has 0 heterocycles. The fourth-order valence-electron chi connectivity index (χ4n) is 2.74. The van der Waals surface area contributed by atoms with Crippen LogP contribution in [-0.2, 0) is 9.53 Å². The van der Waals surface area contributed by atoms with Crippen molar-refractivity contribution in [2.45, 2.75) is 19.3 Å². The topological polar surface area (TPSA) is 93.5 Å². The first-order chi connectivity index (χ1) is 10.1. The SMILES string of the molecule is COC(=O)Nc1cccc(NC(=O)C2CCCC2CN)c1. The van der Waals surface area contributed by atoms with Crippen molar-refractivity contribution in [3.05, 3.63) is 24.3 Å². The first-order valence-electron chi connectivity index (χ1n) is 7.10. The van der Waals surface area contributed by atoms with E-state index in [9.17, 15) is 9.59 Å². The van der Waals surface area contributed by atoms with Crippen molar-refractivity contribution in [2.75, 3.05) is 24.3 Å². The van der Waals surface area contributed by atoms with Crippen LogP contribution >= 0.6 is 0 Å². The average molecular weight is 291 g/mol. The molecule has 114 valence electrons. The summed E-state index contributed by atoms with van der Waals surface area (Å²) < 4.78 is 4.53. The molecule has 6 nitrogen and oxygen atoms in total. The minimum atomic E-state index is -0.544. The summed E-state index contributed by atoms with van der Waals surface area (Å²) in [5, 5.41) is 5.46. The fraction of sp³-hybridized carbons (Fsp3) is 0.467. The summed E-state index contributed by atoms with van der Waals surface area (Å²) in [5.41, 5.74) is 6.93. The van der Waals surface area contributed by atoms with Crippen molar-refractivity contribution >= 4 is 23.4 Å². The van der Waals surface area contributed by atoms with Gasteiger partial charge in [-0.2, -0.15) is 0 Å². The van der Waals surface area contributed by atoms with E-state index in [1.807, 2.05) is 0 Å². The van der Waals surface area contributed by atoms with Crippen molar-refractivity contribution in [3.8, 4) is 0 Å². The number of carbonyl (C=O) groups is 2. The standard InChI is InChI=1S/C15H21N3O3/c1-21-15(20)18-12-6-3-5-11(8-12)17-14(19)13-7-2-4-10(13)9-16/h3,5-6,8,10,13H,2,4,7,9,16H2,1H3,(H,17,19)(H,18,20). The molecule has 2 unspecified atom stereocenters. The second-order valence-electron chi connectivity index (χ2n) is 5.22. The molecule has 1 aliphatic carbocycles. The Labute approximate surface area is 124 Å². The highest BCUT2D eigenvalue weighted by atomic mass is 16.5. The van der Waals surface area contributed by atoms with Crippen LogP contribution in [0.15, 0.2) is 24.3 Å². The molecule has 1 saturated carbocycles. The summed E-state index contributed by atoms with van der Waals surface area (Å²) in [5.74, 6) is 0.242. The molecule has 1 aliphatic rings. The highest BCUT2D eigenvalue weighted by molar-refractivity contribution is 5.94. The fourth-order valence-corrected chi connectivity index (χ4v) is 2.74. The van der Waals surface area contributed by atoms with Crippen LogP contribution in [0.5, 0.6) is 0 Å². The number of nitrogens with two attached hydrogens (primary N) is 1. The number of ether oxygens (including phenoxy) is 1. The molecule has 0 saturated heterocycles. The van der Waals surface area contributed by atoms with Gasteiger partial charge in [0.1, 0.15) is 0 Å². The molecule has 0 bridgehead atoms. The lowest BCUT2D eigenvalue weighted by Crippen LogP contribution is -2.29. The van der Waals surface area contributed by atoms with Gasteiger partial charge in [-0.3, -0.25) is 10.1 Å². The summed E-state index contributed by atoms with van der Waals surface area (Å²) in [6, 6.07) is 6.97. The van der Waals surface area contributed by atoms with E-state index in [2.05, 4.69) is 15.4 Å². The molecule has 0 aliphatic heterocycles. The normalized spacial score (nSPS) is 20.9. The van der Waals surface area contributed by atoms with E-state index in [4.69, 9.17) is 5.73 Å². The van der Waals surface area contributed by atoms with Gasteiger partial charge in [-0.15, -0.1) is 0 Å². The van der Waals surface area contributed by atoms with Crippen molar-refractivity contribution in [3.63, 3.8) is 0 Å².